The van der Waals surface area contributed by atoms with Gasteiger partial charge in [-0.15, -0.1) is 0 Å². The van der Waals surface area contributed by atoms with Crippen molar-refractivity contribution in [2.45, 2.75) is 64.0 Å². The molecule has 0 aromatic heterocycles. The molecular formula is C20H33N3O3S. The van der Waals surface area contributed by atoms with E-state index in [1.165, 1.54) is 0 Å². The van der Waals surface area contributed by atoms with Gasteiger partial charge in [0.1, 0.15) is 0 Å². The molecule has 0 saturated carbocycles. The molecule has 1 saturated heterocycles. The van der Waals surface area contributed by atoms with Gasteiger partial charge in [0.25, 0.3) is 0 Å². The molecule has 152 valence electrons. The molecule has 1 aromatic rings. The van der Waals surface area contributed by atoms with Gasteiger partial charge in [0.05, 0.1) is 4.75 Å². The van der Waals surface area contributed by atoms with Crippen molar-refractivity contribution in [1.82, 2.24) is 4.72 Å². The highest BCUT2D eigenvalue weighted by Gasteiger charge is 2.27. The summed E-state index contributed by atoms with van der Waals surface area (Å²) in [4.78, 5) is 13.8. The molecule has 0 spiro atoms. The van der Waals surface area contributed by atoms with E-state index >= 15 is 0 Å². The number of hydrogen-bond donors (Lipinski definition) is 2. The van der Waals surface area contributed by atoms with Crippen LogP contribution in [-0.2, 0) is 14.8 Å². The third-order valence-electron chi connectivity index (χ3n) is 4.78. The summed E-state index contributed by atoms with van der Waals surface area (Å²) in [7, 11) is -3.24. The van der Waals surface area contributed by atoms with E-state index in [1.54, 1.807) is 20.8 Å². The summed E-state index contributed by atoms with van der Waals surface area (Å²) in [6.45, 7) is 7.24. The number of carbonyl (C=O) groups excluding carboxylic acids is 1. The molecule has 1 aliphatic rings. The number of nitrogens with one attached hydrogen (secondary N) is 2. The van der Waals surface area contributed by atoms with Gasteiger partial charge in [-0.05, 0) is 70.7 Å². The molecule has 1 fully saturated rings. The fourth-order valence-corrected chi connectivity index (χ4v) is 3.77. The highest BCUT2D eigenvalue weighted by Crippen LogP contribution is 2.22. The number of amides is 1. The molecule has 1 aromatic carbocycles. The first-order chi connectivity index (χ1) is 12.7. The molecule has 27 heavy (non-hydrogen) atoms. The maximum Gasteiger partial charge on any atom is 0.226 e. The second kappa shape index (κ2) is 9.55. The minimum Gasteiger partial charge on any atom is -0.385 e. The van der Waals surface area contributed by atoms with Crippen LogP contribution in [-0.4, -0.2) is 38.7 Å². The smallest absolute Gasteiger partial charge is 0.226 e. The monoisotopic (exact) mass is 395 g/mol. The number of nitrogens with zero attached hydrogens (tertiary/aromatic N) is 1. The molecular weight excluding hydrogens is 362 g/mol. The second-order valence-electron chi connectivity index (χ2n) is 8.05. The van der Waals surface area contributed by atoms with E-state index in [2.05, 4.69) is 10.0 Å². The normalized spacial score (nSPS) is 15.8. The molecule has 2 N–H and O–H groups in total. The zero-order chi connectivity index (χ0) is 19.9. The Labute approximate surface area is 163 Å². The van der Waals surface area contributed by atoms with Gasteiger partial charge in [0.2, 0.25) is 15.9 Å². The summed E-state index contributed by atoms with van der Waals surface area (Å²) in [5, 5.41) is 3.38. The molecule has 0 aliphatic carbocycles. The molecule has 2 rings (SSSR count). The van der Waals surface area contributed by atoms with Crippen LogP contribution < -0.4 is 14.9 Å². The van der Waals surface area contributed by atoms with E-state index in [9.17, 15) is 13.2 Å². The largest absolute Gasteiger partial charge is 0.385 e. The van der Waals surface area contributed by atoms with Gasteiger partial charge in [-0.3, -0.25) is 4.79 Å². The fourth-order valence-electron chi connectivity index (χ4n) is 2.92. The maximum atomic E-state index is 12.0. The quantitative estimate of drug-likeness (QED) is 0.627. The van der Waals surface area contributed by atoms with Crippen LogP contribution in [0, 0.1) is 0 Å². The number of sulfonamides is 1. The van der Waals surface area contributed by atoms with Crippen LogP contribution in [0.1, 0.15) is 59.3 Å². The third-order valence-corrected chi connectivity index (χ3v) is 6.98. The average molecular weight is 396 g/mol. The zero-order valence-corrected chi connectivity index (χ0v) is 17.6. The highest BCUT2D eigenvalue weighted by molar-refractivity contribution is 7.90. The summed E-state index contributed by atoms with van der Waals surface area (Å²) in [5.74, 6) is 0.212. The first-order valence-electron chi connectivity index (χ1n) is 9.84. The lowest BCUT2D eigenvalue weighted by atomic mass is 10.1. The van der Waals surface area contributed by atoms with Crippen LogP contribution >= 0.6 is 0 Å². The fraction of sp³-hybridized carbons (Fsp3) is 0.650. The number of rotatable bonds is 9. The summed E-state index contributed by atoms with van der Waals surface area (Å²) >= 11 is 0. The standard InChI is InChI=1S/C20H33N3O3S/c1-20(2,3)27(25,26)22-15-7-4-6-14-21-17-10-12-18(13-11-17)23-16-8-5-9-19(23)24/h10-13,21-22H,4-9,14-16H2,1-3H3. The Morgan fingerprint density at radius 1 is 1.00 bits per heavy atom. The average Bonchev–Trinajstić information content (AvgIpc) is 2.61. The SMILES string of the molecule is CC(C)(C)S(=O)(=O)NCCCCCNc1ccc(N2CCCCC2=O)cc1. The van der Waals surface area contributed by atoms with Crippen LogP contribution in [0.5, 0.6) is 0 Å². The van der Waals surface area contributed by atoms with Crippen molar-refractivity contribution in [2.24, 2.45) is 0 Å². The van der Waals surface area contributed by atoms with Crippen molar-refractivity contribution < 1.29 is 13.2 Å². The molecule has 1 aliphatic heterocycles. The lowest BCUT2D eigenvalue weighted by Crippen LogP contribution is -2.39. The van der Waals surface area contributed by atoms with E-state index < -0.39 is 14.8 Å². The van der Waals surface area contributed by atoms with E-state index in [4.69, 9.17) is 0 Å². The van der Waals surface area contributed by atoms with E-state index in [0.717, 1.165) is 56.6 Å². The second-order valence-corrected chi connectivity index (χ2v) is 10.6. The van der Waals surface area contributed by atoms with Crippen LogP contribution in [0.3, 0.4) is 0 Å². The van der Waals surface area contributed by atoms with Crippen molar-refractivity contribution >= 4 is 27.3 Å². The molecule has 0 unspecified atom stereocenters. The van der Waals surface area contributed by atoms with Crippen LogP contribution in [0.2, 0.25) is 0 Å². The molecule has 1 heterocycles. The molecule has 6 nitrogen and oxygen atoms in total. The summed E-state index contributed by atoms with van der Waals surface area (Å²) in [6.07, 6.45) is 5.47. The first-order valence-corrected chi connectivity index (χ1v) is 11.3. The van der Waals surface area contributed by atoms with Gasteiger partial charge in [-0.2, -0.15) is 0 Å². The number of benzene rings is 1. The van der Waals surface area contributed by atoms with E-state index in [-0.39, 0.29) is 5.91 Å². The number of unbranched alkanes of at least 4 members (excludes halogenated alkanes) is 2. The van der Waals surface area contributed by atoms with Gasteiger partial charge in [0.15, 0.2) is 0 Å². The number of anilines is 2. The summed E-state index contributed by atoms with van der Waals surface area (Å²) in [5.41, 5.74) is 2.01. The number of hydrogen-bond acceptors (Lipinski definition) is 4. The lowest BCUT2D eigenvalue weighted by Gasteiger charge is -2.26. The van der Waals surface area contributed by atoms with Gasteiger partial charge in [-0.1, -0.05) is 6.42 Å². The summed E-state index contributed by atoms with van der Waals surface area (Å²) in [6, 6.07) is 8.00. The van der Waals surface area contributed by atoms with Gasteiger partial charge in [0, 0.05) is 37.4 Å². The molecule has 0 radical (unpaired) electrons. The predicted molar refractivity (Wildman–Crippen MR) is 112 cm³/mol. The van der Waals surface area contributed by atoms with Crippen molar-refractivity contribution in [3.63, 3.8) is 0 Å². The van der Waals surface area contributed by atoms with Crippen LogP contribution in [0.4, 0.5) is 11.4 Å². The Hall–Kier alpha value is -1.60. The van der Waals surface area contributed by atoms with Gasteiger partial charge >= 0.3 is 0 Å². The van der Waals surface area contributed by atoms with Crippen molar-refractivity contribution in [3.05, 3.63) is 24.3 Å². The van der Waals surface area contributed by atoms with Gasteiger partial charge in [-0.25, -0.2) is 13.1 Å². The molecule has 0 bridgehead atoms. The zero-order valence-electron chi connectivity index (χ0n) is 16.8. The third kappa shape index (κ3) is 6.50. The highest BCUT2D eigenvalue weighted by atomic mass is 32.2. The molecule has 0 atom stereocenters. The Kier molecular flexibility index (Phi) is 7.68. The Morgan fingerprint density at radius 2 is 1.67 bits per heavy atom. The first kappa shape index (κ1) is 21.7. The van der Waals surface area contributed by atoms with Crippen molar-refractivity contribution in [2.75, 3.05) is 29.9 Å². The van der Waals surface area contributed by atoms with E-state index in [0.29, 0.717) is 13.0 Å². The Morgan fingerprint density at radius 3 is 2.30 bits per heavy atom. The number of carbonyl (C=O) groups is 1. The Balaban J connectivity index is 1.64. The van der Waals surface area contributed by atoms with Crippen molar-refractivity contribution in [3.8, 4) is 0 Å². The maximum absolute atomic E-state index is 12.0. The van der Waals surface area contributed by atoms with Crippen LogP contribution in [0.15, 0.2) is 24.3 Å². The Bertz CT molecular complexity index is 709. The minimum atomic E-state index is -3.24. The topological polar surface area (TPSA) is 78.5 Å². The molecule has 7 heteroatoms. The van der Waals surface area contributed by atoms with Crippen LogP contribution in [0.25, 0.3) is 0 Å². The lowest BCUT2D eigenvalue weighted by molar-refractivity contribution is -0.119. The summed E-state index contributed by atoms with van der Waals surface area (Å²) < 4.78 is 25.8. The molecule has 1 amide bonds. The van der Waals surface area contributed by atoms with Gasteiger partial charge < -0.3 is 10.2 Å². The van der Waals surface area contributed by atoms with Crippen molar-refractivity contribution in [1.29, 1.82) is 0 Å². The van der Waals surface area contributed by atoms with E-state index in [1.807, 2.05) is 29.2 Å². The predicted octanol–water partition coefficient (Wildman–Crippen LogP) is 3.50. The minimum absolute atomic E-state index is 0.212. The number of piperidine rings is 1.